The molecule has 1 aliphatic rings. The quantitative estimate of drug-likeness (QED) is 0.123. The number of ether oxygens (including phenoxy) is 1. The molecule has 1 heterocycles. The van der Waals surface area contributed by atoms with E-state index < -0.39 is 88.8 Å². The summed E-state index contributed by atoms with van der Waals surface area (Å²) in [6.07, 6.45) is -0.213. The van der Waals surface area contributed by atoms with E-state index in [1.165, 1.54) is 6.92 Å². The zero-order valence-corrected chi connectivity index (χ0v) is 19.7. The van der Waals surface area contributed by atoms with E-state index in [1.807, 2.05) is 0 Å². The van der Waals surface area contributed by atoms with Gasteiger partial charge in [0.05, 0.1) is 12.4 Å². The van der Waals surface area contributed by atoms with Gasteiger partial charge in [0.25, 0.3) is 10.0 Å². The topological polar surface area (TPSA) is 155 Å². The number of alkyl halides is 6. The summed E-state index contributed by atoms with van der Waals surface area (Å²) in [4.78, 5) is 11.2. The van der Waals surface area contributed by atoms with Crippen molar-refractivity contribution >= 4 is 36.1 Å². The van der Waals surface area contributed by atoms with Crippen LogP contribution < -0.4 is 0 Å². The van der Waals surface area contributed by atoms with Gasteiger partial charge in [0.2, 0.25) is 10.0 Å². The molecule has 0 aromatic carbocycles. The fourth-order valence-electron chi connectivity index (χ4n) is 2.50. The molecule has 0 radical (unpaired) electrons. The minimum atomic E-state index is -7.15. The van der Waals surface area contributed by atoms with Crippen LogP contribution in [-0.4, -0.2) is 99.4 Å². The normalized spacial score (nSPS) is 18.0. The smallest absolute Gasteiger partial charge is 0.439 e. The molecule has 1 N–H and O–H groups in total. The number of hydrogen-bond acceptors (Lipinski definition) is 8. The van der Waals surface area contributed by atoms with Crippen LogP contribution in [0.1, 0.15) is 13.3 Å². The molecule has 0 aromatic heterocycles. The number of carbonyl (C=O) groups is 1. The molecule has 0 bridgehead atoms. The fourth-order valence-corrected chi connectivity index (χ4v) is 5.90. The van der Waals surface area contributed by atoms with Crippen LogP contribution in [0.2, 0.25) is 0 Å². The third-order valence-corrected chi connectivity index (χ3v) is 9.25. The summed E-state index contributed by atoms with van der Waals surface area (Å²) >= 11 is 0. The van der Waals surface area contributed by atoms with Gasteiger partial charge in [-0.2, -0.15) is 43.4 Å². The van der Waals surface area contributed by atoms with E-state index in [4.69, 9.17) is 4.55 Å². The maximum atomic E-state index is 14.0. The van der Waals surface area contributed by atoms with Gasteiger partial charge in [-0.05, 0) is 13.3 Å². The standard InChI is InChI=1S/C14H20F6N2O9S3/c1-10(2)11(23)31-8-3-9-32(24,25)21-4-6-22(7-5-21)33(26,27)13(17,18)12(15,16)14(19,20)34(28,29)30/h1,3-9H2,2H3,(H,28,29,30). The van der Waals surface area contributed by atoms with Crippen molar-refractivity contribution in [1.82, 2.24) is 8.61 Å². The summed E-state index contributed by atoms with van der Waals surface area (Å²) < 4.78 is 164. The Kier molecular flexibility index (Phi) is 8.88. The molecule has 0 saturated carbocycles. The Bertz CT molecular complexity index is 1120. The molecule has 11 nitrogen and oxygen atoms in total. The Labute approximate surface area is 191 Å². The highest BCUT2D eigenvalue weighted by molar-refractivity contribution is 7.90. The maximum Gasteiger partial charge on any atom is 0.439 e. The molecule has 0 amide bonds. The number of halogens is 6. The number of piperazine rings is 1. The van der Waals surface area contributed by atoms with Crippen molar-refractivity contribution < 1.29 is 65.7 Å². The Balaban J connectivity index is 2.93. The zero-order chi connectivity index (χ0) is 27.0. The molecule has 0 spiro atoms. The number of rotatable bonds is 11. The van der Waals surface area contributed by atoms with Crippen molar-refractivity contribution in [3.63, 3.8) is 0 Å². The fraction of sp³-hybridized carbons (Fsp3) is 0.786. The average Bonchev–Trinajstić information content (AvgIpc) is 2.69. The van der Waals surface area contributed by atoms with Gasteiger partial charge < -0.3 is 4.74 Å². The molecular formula is C14H20F6N2O9S3. The molecule has 0 atom stereocenters. The van der Waals surface area contributed by atoms with E-state index in [2.05, 4.69) is 11.3 Å². The van der Waals surface area contributed by atoms with E-state index in [1.54, 1.807) is 0 Å². The first-order chi connectivity index (χ1) is 15.0. The van der Waals surface area contributed by atoms with Crippen LogP contribution in [0, 0.1) is 0 Å². The molecule has 1 fully saturated rings. The Hall–Kier alpha value is -1.48. The van der Waals surface area contributed by atoms with E-state index in [9.17, 15) is 56.4 Å². The first-order valence-electron chi connectivity index (χ1n) is 8.94. The lowest BCUT2D eigenvalue weighted by atomic mass is 10.3. The van der Waals surface area contributed by atoms with Gasteiger partial charge in [-0.15, -0.1) is 0 Å². The third-order valence-electron chi connectivity index (χ3n) is 4.44. The van der Waals surface area contributed by atoms with Crippen molar-refractivity contribution in [2.75, 3.05) is 38.5 Å². The average molecular weight is 571 g/mol. The summed E-state index contributed by atoms with van der Waals surface area (Å²) in [6.45, 7) is 0.339. The van der Waals surface area contributed by atoms with E-state index in [0.29, 0.717) is 4.31 Å². The molecule has 1 aliphatic heterocycles. The van der Waals surface area contributed by atoms with Gasteiger partial charge in [-0.25, -0.2) is 21.6 Å². The van der Waals surface area contributed by atoms with Crippen LogP contribution in [-0.2, 0) is 39.7 Å². The SMILES string of the molecule is C=C(C)C(=O)OCCCS(=O)(=O)N1CCN(S(=O)(=O)C(F)(F)C(F)(F)C(F)(F)S(=O)(=O)O)CC1. The van der Waals surface area contributed by atoms with Crippen LogP contribution in [0.5, 0.6) is 0 Å². The summed E-state index contributed by atoms with van der Waals surface area (Å²) in [5.74, 6) is -8.50. The second-order valence-corrected chi connectivity index (χ2v) is 12.5. The summed E-state index contributed by atoms with van der Waals surface area (Å²) in [5.41, 5.74) is 0.0527. The number of esters is 1. The van der Waals surface area contributed by atoms with Gasteiger partial charge >= 0.3 is 32.5 Å². The van der Waals surface area contributed by atoms with Crippen LogP contribution in [0.25, 0.3) is 0 Å². The molecule has 1 saturated heterocycles. The van der Waals surface area contributed by atoms with Crippen LogP contribution in [0.15, 0.2) is 12.2 Å². The van der Waals surface area contributed by atoms with Crippen molar-refractivity contribution in [2.45, 2.75) is 29.8 Å². The van der Waals surface area contributed by atoms with Crippen molar-refractivity contribution in [2.24, 2.45) is 0 Å². The largest absolute Gasteiger partial charge is 0.462 e. The lowest BCUT2D eigenvalue weighted by Crippen LogP contribution is -2.64. The minimum absolute atomic E-state index is 0.0527. The van der Waals surface area contributed by atoms with Crippen LogP contribution in [0.4, 0.5) is 26.3 Å². The lowest BCUT2D eigenvalue weighted by Gasteiger charge is -2.37. The Morgan fingerprint density at radius 3 is 1.76 bits per heavy atom. The summed E-state index contributed by atoms with van der Waals surface area (Å²) in [5, 5.41) is -13.6. The number of sulfonamides is 2. The highest BCUT2D eigenvalue weighted by atomic mass is 32.2. The summed E-state index contributed by atoms with van der Waals surface area (Å²) in [6, 6.07) is 0. The Morgan fingerprint density at radius 1 is 0.912 bits per heavy atom. The Morgan fingerprint density at radius 2 is 1.35 bits per heavy atom. The monoisotopic (exact) mass is 570 g/mol. The van der Waals surface area contributed by atoms with Crippen molar-refractivity contribution in [3.05, 3.63) is 12.2 Å². The van der Waals surface area contributed by atoms with Crippen molar-refractivity contribution in [3.8, 4) is 0 Å². The molecule has 34 heavy (non-hydrogen) atoms. The van der Waals surface area contributed by atoms with Gasteiger partial charge in [0.15, 0.2) is 0 Å². The van der Waals surface area contributed by atoms with E-state index in [-0.39, 0.29) is 18.6 Å². The lowest BCUT2D eigenvalue weighted by molar-refractivity contribution is -0.246. The zero-order valence-electron chi connectivity index (χ0n) is 17.3. The summed E-state index contributed by atoms with van der Waals surface area (Å²) in [7, 11) is -18.0. The van der Waals surface area contributed by atoms with E-state index in [0.717, 1.165) is 0 Å². The van der Waals surface area contributed by atoms with Crippen LogP contribution in [0.3, 0.4) is 0 Å². The van der Waals surface area contributed by atoms with Crippen molar-refractivity contribution in [1.29, 1.82) is 0 Å². The van der Waals surface area contributed by atoms with E-state index >= 15 is 0 Å². The highest BCUT2D eigenvalue weighted by Crippen LogP contribution is 2.51. The molecular weight excluding hydrogens is 550 g/mol. The third kappa shape index (κ3) is 5.66. The predicted molar refractivity (Wildman–Crippen MR) is 103 cm³/mol. The maximum absolute atomic E-state index is 14.0. The minimum Gasteiger partial charge on any atom is -0.462 e. The highest BCUT2D eigenvalue weighted by Gasteiger charge is 2.82. The first-order valence-corrected chi connectivity index (χ1v) is 13.4. The second kappa shape index (κ2) is 9.88. The molecule has 0 aliphatic carbocycles. The number of nitrogens with zero attached hydrogens (tertiary/aromatic N) is 2. The molecule has 0 aromatic rings. The van der Waals surface area contributed by atoms with Gasteiger partial charge in [-0.3, -0.25) is 4.55 Å². The molecule has 0 unspecified atom stereocenters. The first kappa shape index (κ1) is 30.6. The molecule has 1 rings (SSSR count). The second-order valence-electron chi connectivity index (χ2n) is 6.97. The number of hydrogen-bond donors (Lipinski definition) is 1. The van der Waals surface area contributed by atoms with Gasteiger partial charge in [0.1, 0.15) is 0 Å². The van der Waals surface area contributed by atoms with Gasteiger partial charge in [0, 0.05) is 31.8 Å². The molecule has 20 heteroatoms. The molecule has 200 valence electrons. The van der Waals surface area contributed by atoms with Crippen LogP contribution >= 0.6 is 0 Å². The number of carbonyl (C=O) groups excluding carboxylic acids is 1. The van der Waals surface area contributed by atoms with Gasteiger partial charge in [-0.1, -0.05) is 6.58 Å². The predicted octanol–water partition coefficient (Wildman–Crippen LogP) is 0.482.